The number of piperidine rings is 1. The molecule has 3 atom stereocenters. The fraction of sp³-hybridized carbons (Fsp3) is 0.643. The van der Waals surface area contributed by atoms with Gasteiger partial charge in [-0.25, -0.2) is 0 Å². The molecule has 18 heavy (non-hydrogen) atoms. The Morgan fingerprint density at radius 2 is 2.22 bits per heavy atom. The molecular formula is C14H21N3O. The highest BCUT2D eigenvalue weighted by atomic mass is 16.5. The summed E-state index contributed by atoms with van der Waals surface area (Å²) in [7, 11) is 5.99. The second-order valence-corrected chi connectivity index (χ2v) is 5.71. The van der Waals surface area contributed by atoms with Gasteiger partial charge in [0.2, 0.25) is 0 Å². The molecule has 0 bridgehead atoms. The largest absolute Gasteiger partial charge is 0.495 e. The van der Waals surface area contributed by atoms with E-state index in [2.05, 4.69) is 34.9 Å². The van der Waals surface area contributed by atoms with E-state index in [1.54, 1.807) is 13.3 Å². The first-order valence-electron chi connectivity index (χ1n) is 6.61. The zero-order valence-corrected chi connectivity index (χ0v) is 11.3. The van der Waals surface area contributed by atoms with Gasteiger partial charge in [-0.3, -0.25) is 4.98 Å². The molecule has 1 saturated carbocycles. The molecule has 0 spiro atoms. The van der Waals surface area contributed by atoms with Crippen molar-refractivity contribution in [1.82, 2.24) is 9.88 Å². The van der Waals surface area contributed by atoms with Gasteiger partial charge >= 0.3 is 0 Å². The third kappa shape index (κ3) is 2.05. The third-order valence-electron chi connectivity index (χ3n) is 4.02. The molecular weight excluding hydrogens is 226 g/mol. The molecule has 0 amide bonds. The van der Waals surface area contributed by atoms with E-state index in [0.29, 0.717) is 6.04 Å². The van der Waals surface area contributed by atoms with Crippen LogP contribution in [0.2, 0.25) is 0 Å². The minimum absolute atomic E-state index is 0.623. The molecule has 1 aromatic rings. The third-order valence-corrected chi connectivity index (χ3v) is 4.02. The van der Waals surface area contributed by atoms with Crippen molar-refractivity contribution in [2.75, 3.05) is 32.6 Å². The highest BCUT2D eigenvalue weighted by molar-refractivity contribution is 5.53. The van der Waals surface area contributed by atoms with Crippen molar-refractivity contribution in [1.29, 1.82) is 0 Å². The van der Waals surface area contributed by atoms with Crippen LogP contribution in [0.5, 0.6) is 5.75 Å². The molecule has 2 aliphatic rings. The summed E-state index contributed by atoms with van der Waals surface area (Å²) >= 11 is 0. The van der Waals surface area contributed by atoms with Crippen molar-refractivity contribution in [3.8, 4) is 5.75 Å². The zero-order chi connectivity index (χ0) is 12.7. The fourth-order valence-corrected chi connectivity index (χ4v) is 3.21. The Morgan fingerprint density at radius 3 is 2.94 bits per heavy atom. The van der Waals surface area contributed by atoms with Crippen LogP contribution in [0.15, 0.2) is 18.5 Å². The number of anilines is 1. The van der Waals surface area contributed by atoms with Gasteiger partial charge in [-0.1, -0.05) is 0 Å². The number of likely N-dealkylation sites (N-methyl/N-ethyl adjacent to an activating group) is 1. The number of ether oxygens (including phenoxy) is 1. The Morgan fingerprint density at radius 1 is 1.39 bits per heavy atom. The first-order valence-corrected chi connectivity index (χ1v) is 6.61. The van der Waals surface area contributed by atoms with Gasteiger partial charge in [0.1, 0.15) is 5.75 Å². The summed E-state index contributed by atoms with van der Waals surface area (Å²) in [6.45, 7) is 1.12. The van der Waals surface area contributed by atoms with Gasteiger partial charge in [-0.05, 0) is 32.9 Å². The van der Waals surface area contributed by atoms with Gasteiger partial charge < -0.3 is 14.5 Å². The van der Waals surface area contributed by atoms with Gasteiger partial charge in [-0.2, -0.15) is 0 Å². The van der Waals surface area contributed by atoms with Crippen LogP contribution in [0.3, 0.4) is 0 Å². The van der Waals surface area contributed by atoms with Crippen molar-refractivity contribution >= 4 is 5.69 Å². The summed E-state index contributed by atoms with van der Waals surface area (Å²) in [6.07, 6.45) is 6.40. The summed E-state index contributed by atoms with van der Waals surface area (Å²) in [5.74, 6) is 1.75. The van der Waals surface area contributed by atoms with Crippen molar-refractivity contribution in [3.05, 3.63) is 18.5 Å². The summed E-state index contributed by atoms with van der Waals surface area (Å²) in [5, 5.41) is 0. The van der Waals surface area contributed by atoms with E-state index in [9.17, 15) is 0 Å². The molecule has 1 aliphatic carbocycles. The van der Waals surface area contributed by atoms with Gasteiger partial charge in [0.05, 0.1) is 25.2 Å². The van der Waals surface area contributed by atoms with Crippen LogP contribution in [0.25, 0.3) is 0 Å². The number of nitrogens with zero attached hydrogens (tertiary/aromatic N) is 3. The van der Waals surface area contributed by atoms with Crippen LogP contribution in [0, 0.1) is 5.92 Å². The van der Waals surface area contributed by atoms with Crippen molar-refractivity contribution in [2.24, 2.45) is 5.92 Å². The van der Waals surface area contributed by atoms with Gasteiger partial charge in [0.25, 0.3) is 0 Å². The van der Waals surface area contributed by atoms with Crippen LogP contribution in [-0.4, -0.2) is 49.7 Å². The number of hydrogen-bond acceptors (Lipinski definition) is 4. The molecule has 2 fully saturated rings. The predicted octanol–water partition coefficient (Wildman–Crippen LogP) is 1.62. The maximum Gasteiger partial charge on any atom is 0.139 e. The maximum absolute atomic E-state index is 5.28. The lowest BCUT2D eigenvalue weighted by molar-refractivity contribution is 0.361. The van der Waals surface area contributed by atoms with Crippen molar-refractivity contribution in [2.45, 2.75) is 24.9 Å². The lowest BCUT2D eigenvalue weighted by Gasteiger charge is -2.31. The summed E-state index contributed by atoms with van der Waals surface area (Å²) in [6, 6.07) is 3.47. The van der Waals surface area contributed by atoms with E-state index in [4.69, 9.17) is 4.74 Å². The minimum atomic E-state index is 0.623. The van der Waals surface area contributed by atoms with Crippen molar-refractivity contribution < 1.29 is 4.74 Å². The molecule has 0 N–H and O–H groups in total. The van der Waals surface area contributed by atoms with E-state index in [-0.39, 0.29) is 0 Å². The van der Waals surface area contributed by atoms with E-state index in [1.165, 1.54) is 18.5 Å². The fourth-order valence-electron chi connectivity index (χ4n) is 3.21. The van der Waals surface area contributed by atoms with Crippen LogP contribution in [0.1, 0.15) is 12.8 Å². The van der Waals surface area contributed by atoms with Crippen LogP contribution >= 0.6 is 0 Å². The molecule has 2 heterocycles. The monoisotopic (exact) mass is 247 g/mol. The molecule has 3 unspecified atom stereocenters. The Hall–Kier alpha value is -1.29. The molecule has 98 valence electrons. The molecule has 3 rings (SSSR count). The van der Waals surface area contributed by atoms with Gasteiger partial charge in [0.15, 0.2) is 0 Å². The molecule has 1 saturated heterocycles. The van der Waals surface area contributed by atoms with E-state index in [1.807, 2.05) is 6.20 Å². The molecule has 4 heteroatoms. The quantitative estimate of drug-likeness (QED) is 0.808. The lowest BCUT2D eigenvalue weighted by Crippen LogP contribution is -2.40. The Kier molecular flexibility index (Phi) is 2.90. The molecule has 1 aliphatic heterocycles. The summed E-state index contributed by atoms with van der Waals surface area (Å²) < 4.78 is 5.28. The molecule has 4 nitrogen and oxygen atoms in total. The molecule has 1 aromatic heterocycles. The average molecular weight is 247 g/mol. The number of rotatable bonds is 4. The smallest absolute Gasteiger partial charge is 0.139 e. The average Bonchev–Trinajstić information content (AvgIpc) is 3.00. The second kappa shape index (κ2) is 4.43. The minimum Gasteiger partial charge on any atom is -0.495 e. The van der Waals surface area contributed by atoms with Crippen molar-refractivity contribution in [3.63, 3.8) is 0 Å². The van der Waals surface area contributed by atoms with Crippen LogP contribution < -0.4 is 9.64 Å². The SMILES string of the molecule is COc1cncc(N2C(CN(C)C)CC3CC32)c1. The Balaban J connectivity index is 1.83. The van der Waals surface area contributed by atoms with E-state index >= 15 is 0 Å². The number of fused-ring (bicyclic) bond motifs is 1. The number of hydrogen-bond donors (Lipinski definition) is 0. The van der Waals surface area contributed by atoms with E-state index in [0.717, 1.165) is 24.3 Å². The van der Waals surface area contributed by atoms with Crippen LogP contribution in [0.4, 0.5) is 5.69 Å². The Labute approximate surface area is 109 Å². The number of pyridine rings is 1. The number of methoxy groups -OCH3 is 1. The normalized spacial score (nSPS) is 29.6. The summed E-state index contributed by atoms with van der Waals surface area (Å²) in [4.78, 5) is 9.12. The highest BCUT2D eigenvalue weighted by Crippen LogP contribution is 2.49. The van der Waals surface area contributed by atoms with Gasteiger partial charge in [-0.15, -0.1) is 0 Å². The maximum atomic E-state index is 5.28. The predicted molar refractivity (Wildman–Crippen MR) is 72.1 cm³/mol. The van der Waals surface area contributed by atoms with Crippen LogP contribution in [-0.2, 0) is 0 Å². The highest BCUT2D eigenvalue weighted by Gasteiger charge is 2.51. The second-order valence-electron chi connectivity index (χ2n) is 5.71. The zero-order valence-electron chi connectivity index (χ0n) is 11.3. The Bertz CT molecular complexity index is 435. The standard InChI is InChI=1S/C14H21N3O/c1-16(2)9-12-4-10-5-14(10)17(12)11-6-13(18-3)8-15-7-11/h6-8,10,12,14H,4-5,9H2,1-3H3. The first-order chi connectivity index (χ1) is 8.69. The number of aromatic nitrogens is 1. The first kappa shape index (κ1) is 11.8. The van der Waals surface area contributed by atoms with Gasteiger partial charge in [0, 0.05) is 24.7 Å². The molecule has 0 radical (unpaired) electrons. The topological polar surface area (TPSA) is 28.6 Å². The lowest BCUT2D eigenvalue weighted by atomic mass is 10.1. The summed E-state index contributed by atoms with van der Waals surface area (Å²) in [5.41, 5.74) is 1.21. The van der Waals surface area contributed by atoms with E-state index < -0.39 is 0 Å². The molecule has 0 aromatic carbocycles.